The third-order valence-corrected chi connectivity index (χ3v) is 7.39. The van der Waals surface area contributed by atoms with Gasteiger partial charge in [-0.25, -0.2) is 5.48 Å². The fourth-order valence-corrected chi connectivity index (χ4v) is 5.27. The molecular formula is C31H33N5O4. The number of piperidine rings is 1. The number of likely N-dealkylation sites (tertiary alicyclic amines) is 1. The van der Waals surface area contributed by atoms with Crippen LogP contribution < -0.4 is 15.5 Å². The van der Waals surface area contributed by atoms with Crippen LogP contribution in [0.5, 0.6) is 5.75 Å². The number of aromatic nitrogens is 2. The summed E-state index contributed by atoms with van der Waals surface area (Å²) in [4.78, 5) is 36.4. The standard InChI is InChI=1S/C31H33N5O4/c1-22-17-25(27-6-2-3-7-28(27)33-22)21-40-26-10-8-24(9-11-26)30(38)34-31(18-29(37)35-39)12-15-36(16-13-31)20-23-5-4-14-32-19-23/h2-11,14,17,19,39H,12-13,15-16,18,20-21H2,1H3,(H,34,38)(H,35,37). The largest absolute Gasteiger partial charge is 0.489 e. The Morgan fingerprint density at radius 1 is 1.05 bits per heavy atom. The van der Waals surface area contributed by atoms with Gasteiger partial charge in [0.05, 0.1) is 17.5 Å². The number of para-hydroxylation sites is 1. The zero-order valence-corrected chi connectivity index (χ0v) is 22.5. The number of fused-ring (bicyclic) bond motifs is 1. The lowest BCUT2D eigenvalue weighted by Gasteiger charge is -2.42. The number of ether oxygens (including phenoxy) is 1. The van der Waals surface area contributed by atoms with E-state index in [0.717, 1.165) is 34.3 Å². The molecule has 9 heteroatoms. The fraction of sp³-hybridized carbons (Fsp3) is 0.290. The van der Waals surface area contributed by atoms with E-state index in [1.165, 1.54) is 0 Å². The summed E-state index contributed by atoms with van der Waals surface area (Å²) in [7, 11) is 0. The van der Waals surface area contributed by atoms with Crippen molar-refractivity contribution < 1.29 is 19.5 Å². The van der Waals surface area contributed by atoms with E-state index in [-0.39, 0.29) is 12.3 Å². The summed E-state index contributed by atoms with van der Waals surface area (Å²) >= 11 is 0. The second-order valence-corrected chi connectivity index (χ2v) is 10.3. The summed E-state index contributed by atoms with van der Waals surface area (Å²) in [5, 5.41) is 13.3. The van der Waals surface area contributed by atoms with Crippen molar-refractivity contribution in [2.24, 2.45) is 0 Å². The highest BCUT2D eigenvalue weighted by Crippen LogP contribution is 2.28. The highest BCUT2D eigenvalue weighted by molar-refractivity contribution is 5.95. The van der Waals surface area contributed by atoms with Gasteiger partial charge in [0.2, 0.25) is 5.91 Å². The van der Waals surface area contributed by atoms with Crippen LogP contribution >= 0.6 is 0 Å². The van der Waals surface area contributed by atoms with E-state index >= 15 is 0 Å². The molecular weight excluding hydrogens is 506 g/mol. The number of carbonyl (C=O) groups excluding carboxylic acids is 2. The quantitative estimate of drug-likeness (QED) is 0.216. The predicted octanol–water partition coefficient (Wildman–Crippen LogP) is 4.18. The van der Waals surface area contributed by atoms with Crippen molar-refractivity contribution in [1.82, 2.24) is 25.7 Å². The molecule has 0 radical (unpaired) electrons. The zero-order chi connectivity index (χ0) is 28.0. The molecule has 1 saturated heterocycles. The van der Waals surface area contributed by atoms with E-state index in [0.29, 0.717) is 43.9 Å². The van der Waals surface area contributed by atoms with Gasteiger partial charge in [-0.15, -0.1) is 0 Å². The van der Waals surface area contributed by atoms with Gasteiger partial charge in [0.1, 0.15) is 12.4 Å². The molecule has 2 aromatic carbocycles. The number of aryl methyl sites for hydroxylation is 1. The Hall–Kier alpha value is -4.34. The van der Waals surface area contributed by atoms with E-state index in [2.05, 4.69) is 20.2 Å². The minimum Gasteiger partial charge on any atom is -0.489 e. The topological polar surface area (TPSA) is 117 Å². The average Bonchev–Trinajstić information content (AvgIpc) is 2.98. The molecule has 0 bridgehead atoms. The maximum atomic E-state index is 13.3. The van der Waals surface area contributed by atoms with Crippen molar-refractivity contribution in [2.75, 3.05) is 13.1 Å². The van der Waals surface area contributed by atoms with Crippen molar-refractivity contribution in [1.29, 1.82) is 0 Å². The van der Waals surface area contributed by atoms with E-state index in [1.54, 1.807) is 35.9 Å². The SMILES string of the molecule is Cc1cc(COc2ccc(C(=O)NC3(CC(=O)NO)CCN(Cc4cccnc4)CC3)cc2)c2ccccc2n1. The van der Waals surface area contributed by atoms with Crippen molar-refractivity contribution in [2.45, 2.75) is 44.9 Å². The average molecular weight is 540 g/mol. The second-order valence-electron chi connectivity index (χ2n) is 10.3. The Kier molecular flexibility index (Phi) is 8.33. The molecule has 3 heterocycles. The number of rotatable bonds is 9. The third kappa shape index (κ3) is 6.62. The van der Waals surface area contributed by atoms with Crippen molar-refractivity contribution in [3.8, 4) is 5.75 Å². The lowest BCUT2D eigenvalue weighted by Crippen LogP contribution is -2.57. The summed E-state index contributed by atoms with van der Waals surface area (Å²) in [5.74, 6) is -0.148. The second kappa shape index (κ2) is 12.2. The molecule has 4 aromatic rings. The summed E-state index contributed by atoms with van der Waals surface area (Å²) in [6.07, 6.45) is 4.74. The molecule has 2 aromatic heterocycles. The first-order valence-electron chi connectivity index (χ1n) is 13.4. The Morgan fingerprint density at radius 3 is 2.55 bits per heavy atom. The Bertz CT molecular complexity index is 1470. The van der Waals surface area contributed by atoms with Gasteiger partial charge in [-0.1, -0.05) is 24.3 Å². The van der Waals surface area contributed by atoms with Crippen LogP contribution in [0.2, 0.25) is 0 Å². The molecule has 9 nitrogen and oxygen atoms in total. The van der Waals surface area contributed by atoms with Gasteiger partial charge < -0.3 is 10.1 Å². The summed E-state index contributed by atoms with van der Waals surface area (Å²) in [5.41, 5.74) is 5.45. The van der Waals surface area contributed by atoms with Crippen LogP contribution in [0.15, 0.2) is 79.1 Å². The van der Waals surface area contributed by atoms with Gasteiger partial charge in [0.25, 0.3) is 5.91 Å². The van der Waals surface area contributed by atoms with Crippen LogP contribution in [0, 0.1) is 6.92 Å². The molecule has 2 amide bonds. The van der Waals surface area contributed by atoms with Crippen LogP contribution in [0.25, 0.3) is 10.9 Å². The zero-order valence-electron chi connectivity index (χ0n) is 22.5. The van der Waals surface area contributed by atoms with Gasteiger partial charge in [-0.3, -0.25) is 29.7 Å². The molecule has 0 unspecified atom stereocenters. The lowest BCUT2D eigenvalue weighted by molar-refractivity contribution is -0.131. The van der Waals surface area contributed by atoms with Gasteiger partial charge in [-0.05, 0) is 67.8 Å². The van der Waals surface area contributed by atoms with Crippen LogP contribution in [-0.2, 0) is 17.9 Å². The van der Waals surface area contributed by atoms with Crippen LogP contribution in [0.3, 0.4) is 0 Å². The molecule has 1 aliphatic rings. The molecule has 1 aliphatic heterocycles. The van der Waals surface area contributed by atoms with E-state index in [1.807, 2.05) is 55.6 Å². The maximum absolute atomic E-state index is 13.3. The Morgan fingerprint density at radius 2 is 1.82 bits per heavy atom. The summed E-state index contributed by atoms with van der Waals surface area (Å²) < 4.78 is 6.04. The molecule has 206 valence electrons. The Labute approximate surface area is 233 Å². The first kappa shape index (κ1) is 27.2. The van der Waals surface area contributed by atoms with Crippen molar-refractivity contribution in [3.63, 3.8) is 0 Å². The monoisotopic (exact) mass is 539 g/mol. The van der Waals surface area contributed by atoms with E-state index in [9.17, 15) is 9.59 Å². The predicted molar refractivity (Wildman–Crippen MR) is 151 cm³/mol. The molecule has 1 fully saturated rings. The minimum absolute atomic E-state index is 0.00350. The molecule has 0 aliphatic carbocycles. The fourth-order valence-electron chi connectivity index (χ4n) is 5.27. The highest BCUT2D eigenvalue weighted by Gasteiger charge is 2.38. The third-order valence-electron chi connectivity index (χ3n) is 7.39. The maximum Gasteiger partial charge on any atom is 0.251 e. The van der Waals surface area contributed by atoms with Crippen LogP contribution in [0.1, 0.15) is 46.4 Å². The van der Waals surface area contributed by atoms with Gasteiger partial charge in [0, 0.05) is 54.2 Å². The number of pyridine rings is 2. The van der Waals surface area contributed by atoms with Gasteiger partial charge in [0.15, 0.2) is 0 Å². The molecule has 3 N–H and O–H groups in total. The molecule has 0 atom stereocenters. The van der Waals surface area contributed by atoms with Crippen LogP contribution in [0.4, 0.5) is 0 Å². The minimum atomic E-state index is -0.759. The smallest absolute Gasteiger partial charge is 0.251 e. The first-order chi connectivity index (χ1) is 19.4. The number of hydrogen-bond donors (Lipinski definition) is 3. The first-order valence-corrected chi connectivity index (χ1v) is 13.4. The van der Waals surface area contributed by atoms with Gasteiger partial charge >= 0.3 is 0 Å². The van der Waals surface area contributed by atoms with Crippen LogP contribution in [-0.4, -0.2) is 50.5 Å². The number of benzene rings is 2. The normalized spacial score (nSPS) is 14.9. The van der Waals surface area contributed by atoms with Gasteiger partial charge in [-0.2, -0.15) is 0 Å². The Balaban J connectivity index is 1.22. The summed E-state index contributed by atoms with van der Waals surface area (Å²) in [6, 6.07) is 20.9. The van der Waals surface area contributed by atoms with Crippen molar-refractivity contribution >= 4 is 22.7 Å². The van der Waals surface area contributed by atoms with E-state index < -0.39 is 11.4 Å². The molecule has 5 rings (SSSR count). The summed E-state index contributed by atoms with van der Waals surface area (Å²) in [6.45, 7) is 4.49. The lowest BCUT2D eigenvalue weighted by atomic mass is 9.83. The van der Waals surface area contributed by atoms with Crippen molar-refractivity contribution in [3.05, 3.63) is 102 Å². The molecule has 0 saturated carbocycles. The number of hydroxylamine groups is 1. The highest BCUT2D eigenvalue weighted by atomic mass is 16.5. The number of hydrogen-bond acceptors (Lipinski definition) is 7. The molecule has 40 heavy (non-hydrogen) atoms. The number of nitrogens with one attached hydrogen (secondary N) is 2. The number of amides is 2. The number of nitrogens with zero attached hydrogens (tertiary/aromatic N) is 3. The molecule has 0 spiro atoms. The van der Waals surface area contributed by atoms with E-state index in [4.69, 9.17) is 9.94 Å². The number of carbonyl (C=O) groups is 2.